The number of methoxy groups -OCH3 is 2. The monoisotopic (exact) mass is 260 g/mol. The Morgan fingerprint density at radius 3 is 2.47 bits per heavy atom. The van der Waals surface area contributed by atoms with Crippen LogP contribution >= 0.6 is 0 Å². The smallest absolute Gasteiger partial charge is 0.134 e. The Bertz CT molecular complexity index is 462. The van der Waals surface area contributed by atoms with Crippen LogP contribution in [-0.2, 0) is 9.47 Å². The summed E-state index contributed by atoms with van der Waals surface area (Å²) in [5, 5.41) is 0. The molecule has 0 aliphatic heterocycles. The lowest BCUT2D eigenvalue weighted by molar-refractivity contribution is -0.0127. The van der Waals surface area contributed by atoms with Gasteiger partial charge in [0.05, 0.1) is 14.2 Å². The van der Waals surface area contributed by atoms with Crippen LogP contribution in [0.5, 0.6) is 0 Å². The fourth-order valence-corrected chi connectivity index (χ4v) is 4.92. The molecule has 0 heterocycles. The molecule has 0 spiro atoms. The van der Waals surface area contributed by atoms with Crippen molar-refractivity contribution in [3.05, 3.63) is 36.3 Å². The van der Waals surface area contributed by atoms with Gasteiger partial charge < -0.3 is 9.47 Å². The minimum atomic E-state index is 0.279. The predicted octanol–water partition coefficient (Wildman–Crippen LogP) is 4.06. The Kier molecular flexibility index (Phi) is 2.81. The molecule has 4 atom stereocenters. The van der Waals surface area contributed by atoms with Crippen molar-refractivity contribution in [1.29, 1.82) is 0 Å². The molecular weight excluding hydrogens is 236 g/mol. The summed E-state index contributed by atoms with van der Waals surface area (Å²) in [5.74, 6) is 3.44. The van der Waals surface area contributed by atoms with Gasteiger partial charge in [0.15, 0.2) is 0 Å². The van der Waals surface area contributed by atoms with Crippen LogP contribution in [0.15, 0.2) is 36.3 Å². The summed E-state index contributed by atoms with van der Waals surface area (Å²) < 4.78 is 11.2. The average molecular weight is 260 g/mol. The third kappa shape index (κ3) is 1.43. The molecule has 3 rings (SSSR count). The lowest BCUT2D eigenvalue weighted by atomic mass is 9.52. The van der Waals surface area contributed by atoms with E-state index in [-0.39, 0.29) is 10.8 Å². The van der Waals surface area contributed by atoms with Gasteiger partial charge in [-0.1, -0.05) is 25.2 Å². The van der Waals surface area contributed by atoms with Crippen LogP contribution in [0.1, 0.15) is 32.6 Å². The minimum Gasteiger partial charge on any atom is -0.498 e. The van der Waals surface area contributed by atoms with E-state index in [2.05, 4.69) is 31.7 Å². The highest BCUT2D eigenvalue weighted by atomic mass is 16.5. The van der Waals surface area contributed by atoms with E-state index in [9.17, 15) is 0 Å². The summed E-state index contributed by atoms with van der Waals surface area (Å²) in [6, 6.07) is 0. The molecule has 0 radical (unpaired) electrons. The van der Waals surface area contributed by atoms with Crippen LogP contribution in [0.3, 0.4) is 0 Å². The van der Waals surface area contributed by atoms with E-state index < -0.39 is 0 Å². The Hall–Kier alpha value is -1.18. The molecule has 0 N–H and O–H groups in total. The van der Waals surface area contributed by atoms with E-state index in [0.29, 0.717) is 11.8 Å². The molecule has 0 aromatic rings. The Labute approximate surface area is 116 Å². The summed E-state index contributed by atoms with van der Waals surface area (Å²) >= 11 is 0. The zero-order valence-electron chi connectivity index (χ0n) is 12.2. The highest BCUT2D eigenvalue weighted by Gasteiger charge is 2.64. The van der Waals surface area contributed by atoms with Gasteiger partial charge >= 0.3 is 0 Å². The van der Waals surface area contributed by atoms with Gasteiger partial charge in [0, 0.05) is 12.8 Å². The lowest BCUT2D eigenvalue weighted by Gasteiger charge is -2.53. The molecule has 2 bridgehead atoms. The fourth-order valence-electron chi connectivity index (χ4n) is 4.92. The van der Waals surface area contributed by atoms with Gasteiger partial charge in [0.25, 0.3) is 0 Å². The van der Waals surface area contributed by atoms with Gasteiger partial charge in [-0.15, -0.1) is 6.58 Å². The molecule has 0 amide bonds. The standard InChI is InChI=1S/C17H24O2/c1-5-8-17-11-15(19-4)14(18-3)10-16(17,2)12-6-7-13(17)9-12/h5-7,12-13H,1,8-11H2,2-4H3. The second kappa shape index (κ2) is 4.16. The van der Waals surface area contributed by atoms with Crippen molar-refractivity contribution in [1.82, 2.24) is 0 Å². The molecule has 0 aromatic heterocycles. The minimum absolute atomic E-state index is 0.279. The predicted molar refractivity (Wildman–Crippen MR) is 76.4 cm³/mol. The van der Waals surface area contributed by atoms with Gasteiger partial charge in [-0.2, -0.15) is 0 Å². The largest absolute Gasteiger partial charge is 0.498 e. The molecule has 2 nitrogen and oxygen atoms in total. The highest BCUT2D eigenvalue weighted by molar-refractivity contribution is 5.31. The summed E-state index contributed by atoms with van der Waals surface area (Å²) in [5.41, 5.74) is 0.565. The van der Waals surface area contributed by atoms with Crippen LogP contribution in [-0.4, -0.2) is 14.2 Å². The Balaban J connectivity index is 2.09. The summed E-state index contributed by atoms with van der Waals surface area (Å²) in [6.45, 7) is 6.44. The first-order chi connectivity index (χ1) is 9.11. The maximum atomic E-state index is 5.62. The first-order valence-corrected chi connectivity index (χ1v) is 7.20. The molecule has 2 heteroatoms. The van der Waals surface area contributed by atoms with Crippen LogP contribution < -0.4 is 0 Å². The molecule has 3 aliphatic carbocycles. The van der Waals surface area contributed by atoms with Crippen LogP contribution in [0.2, 0.25) is 0 Å². The second-order valence-electron chi connectivity index (χ2n) is 6.51. The number of ether oxygens (including phenoxy) is 2. The van der Waals surface area contributed by atoms with E-state index in [1.165, 1.54) is 6.42 Å². The van der Waals surface area contributed by atoms with E-state index in [1.807, 2.05) is 0 Å². The zero-order chi connectivity index (χ0) is 13.7. The molecule has 3 aliphatic rings. The van der Waals surface area contributed by atoms with Gasteiger partial charge in [-0.05, 0) is 35.5 Å². The van der Waals surface area contributed by atoms with Gasteiger partial charge in [-0.25, -0.2) is 0 Å². The van der Waals surface area contributed by atoms with Crippen molar-refractivity contribution in [3.63, 3.8) is 0 Å². The zero-order valence-corrected chi connectivity index (χ0v) is 12.2. The SMILES string of the molecule is C=CCC12CC(OC)=C(OC)CC1(C)C1C=CC2C1. The average Bonchev–Trinajstić information content (AvgIpc) is 2.98. The highest BCUT2D eigenvalue weighted by Crippen LogP contribution is 2.71. The first kappa shape index (κ1) is 12.8. The first-order valence-electron chi connectivity index (χ1n) is 7.20. The molecule has 1 fully saturated rings. The number of fused-ring (bicyclic) bond motifs is 5. The molecule has 19 heavy (non-hydrogen) atoms. The van der Waals surface area contributed by atoms with Gasteiger partial charge in [0.1, 0.15) is 11.5 Å². The molecular formula is C17H24O2. The Morgan fingerprint density at radius 1 is 1.21 bits per heavy atom. The fraction of sp³-hybridized carbons (Fsp3) is 0.647. The van der Waals surface area contributed by atoms with Crippen LogP contribution in [0.4, 0.5) is 0 Å². The van der Waals surface area contributed by atoms with Crippen molar-refractivity contribution >= 4 is 0 Å². The van der Waals surface area contributed by atoms with Crippen molar-refractivity contribution in [2.24, 2.45) is 22.7 Å². The van der Waals surface area contributed by atoms with Gasteiger partial charge in [0.2, 0.25) is 0 Å². The van der Waals surface area contributed by atoms with Crippen LogP contribution in [0, 0.1) is 22.7 Å². The lowest BCUT2D eigenvalue weighted by Crippen LogP contribution is -2.46. The van der Waals surface area contributed by atoms with Crippen molar-refractivity contribution < 1.29 is 9.47 Å². The number of hydrogen-bond acceptors (Lipinski definition) is 2. The van der Waals surface area contributed by atoms with E-state index >= 15 is 0 Å². The molecule has 0 saturated heterocycles. The van der Waals surface area contributed by atoms with Crippen molar-refractivity contribution in [2.75, 3.05) is 14.2 Å². The third-order valence-electron chi connectivity index (χ3n) is 6.07. The molecule has 104 valence electrons. The van der Waals surface area contributed by atoms with Crippen molar-refractivity contribution in [3.8, 4) is 0 Å². The van der Waals surface area contributed by atoms with Crippen LogP contribution in [0.25, 0.3) is 0 Å². The number of rotatable bonds is 4. The maximum Gasteiger partial charge on any atom is 0.134 e. The normalized spacial score (nSPS) is 43.3. The second-order valence-corrected chi connectivity index (χ2v) is 6.51. The summed E-state index contributed by atoms with van der Waals surface area (Å²) in [7, 11) is 3.53. The van der Waals surface area contributed by atoms with E-state index in [4.69, 9.17) is 9.47 Å². The maximum absolute atomic E-state index is 5.62. The number of allylic oxidation sites excluding steroid dienone is 5. The van der Waals surface area contributed by atoms with Gasteiger partial charge in [-0.3, -0.25) is 0 Å². The topological polar surface area (TPSA) is 18.5 Å². The van der Waals surface area contributed by atoms with E-state index in [1.54, 1.807) is 14.2 Å². The molecule has 0 aromatic carbocycles. The molecule has 4 unspecified atom stereocenters. The van der Waals surface area contributed by atoms with E-state index in [0.717, 1.165) is 30.8 Å². The van der Waals surface area contributed by atoms with Crippen molar-refractivity contribution in [2.45, 2.75) is 32.6 Å². The quantitative estimate of drug-likeness (QED) is 0.710. The Morgan fingerprint density at radius 2 is 1.84 bits per heavy atom. The third-order valence-corrected chi connectivity index (χ3v) is 6.07. The summed E-state index contributed by atoms with van der Waals surface area (Å²) in [4.78, 5) is 0. The molecule has 1 saturated carbocycles. The number of hydrogen-bond donors (Lipinski definition) is 0. The summed E-state index contributed by atoms with van der Waals surface area (Å²) in [6.07, 6.45) is 11.3.